The normalized spacial score (nSPS) is 10.8. The molecule has 1 amide bonds. The van der Waals surface area contributed by atoms with E-state index in [2.05, 4.69) is 5.32 Å². The maximum atomic E-state index is 13.6. The van der Waals surface area contributed by atoms with Crippen molar-refractivity contribution in [3.63, 3.8) is 0 Å². The standard InChI is InChI=1S/C15H20F4N2O2/c16-10-9(11(17)13(19)14(20)12(10)18)15(23)21-7-5-3-1-2-4-6-8-22/h22H,1-8,20H2,(H,21,23). The summed E-state index contributed by atoms with van der Waals surface area (Å²) in [5.74, 6) is -8.39. The molecule has 4 nitrogen and oxygen atoms in total. The van der Waals surface area contributed by atoms with E-state index in [0.29, 0.717) is 6.42 Å². The van der Waals surface area contributed by atoms with Crippen LogP contribution >= 0.6 is 0 Å². The van der Waals surface area contributed by atoms with Crippen LogP contribution in [-0.4, -0.2) is 24.2 Å². The number of anilines is 1. The highest BCUT2D eigenvalue weighted by molar-refractivity contribution is 5.95. The maximum absolute atomic E-state index is 13.6. The molecule has 0 aliphatic heterocycles. The molecule has 0 atom stereocenters. The Bertz CT molecular complexity index is 524. The molecule has 0 saturated carbocycles. The number of aliphatic hydroxyl groups is 1. The first-order valence-corrected chi connectivity index (χ1v) is 7.42. The fourth-order valence-electron chi connectivity index (χ4n) is 2.08. The summed E-state index contributed by atoms with van der Waals surface area (Å²) in [7, 11) is 0. The van der Waals surface area contributed by atoms with Gasteiger partial charge in [0.1, 0.15) is 11.3 Å². The summed E-state index contributed by atoms with van der Waals surface area (Å²) >= 11 is 0. The third-order valence-electron chi connectivity index (χ3n) is 3.39. The van der Waals surface area contributed by atoms with Crippen molar-refractivity contribution in [3.8, 4) is 0 Å². The van der Waals surface area contributed by atoms with Crippen molar-refractivity contribution in [2.24, 2.45) is 0 Å². The van der Waals surface area contributed by atoms with Crippen molar-refractivity contribution < 1.29 is 27.5 Å². The first-order chi connectivity index (χ1) is 10.9. The summed E-state index contributed by atoms with van der Waals surface area (Å²) < 4.78 is 53.7. The zero-order chi connectivity index (χ0) is 17.4. The van der Waals surface area contributed by atoms with Gasteiger partial charge in [-0.3, -0.25) is 4.79 Å². The average molecular weight is 336 g/mol. The number of nitrogen functional groups attached to an aromatic ring is 1. The molecule has 1 aromatic rings. The van der Waals surface area contributed by atoms with E-state index >= 15 is 0 Å². The van der Waals surface area contributed by atoms with Gasteiger partial charge in [0.05, 0.1) is 0 Å². The number of aliphatic hydroxyl groups excluding tert-OH is 1. The van der Waals surface area contributed by atoms with Crippen LogP contribution in [0.15, 0.2) is 0 Å². The van der Waals surface area contributed by atoms with Crippen molar-refractivity contribution in [1.29, 1.82) is 0 Å². The molecule has 0 aliphatic rings. The van der Waals surface area contributed by atoms with E-state index in [0.717, 1.165) is 32.1 Å². The molecule has 0 bridgehead atoms. The van der Waals surface area contributed by atoms with Gasteiger partial charge < -0.3 is 16.2 Å². The fourth-order valence-corrected chi connectivity index (χ4v) is 2.08. The molecular formula is C15H20F4N2O2. The summed E-state index contributed by atoms with van der Waals surface area (Å²) in [5.41, 5.74) is 2.26. The van der Waals surface area contributed by atoms with Gasteiger partial charge in [-0.05, 0) is 12.8 Å². The highest BCUT2D eigenvalue weighted by Crippen LogP contribution is 2.25. The SMILES string of the molecule is Nc1c(F)c(F)c(C(=O)NCCCCCCCCO)c(F)c1F. The number of carbonyl (C=O) groups is 1. The van der Waals surface area contributed by atoms with Crippen LogP contribution in [0.3, 0.4) is 0 Å². The number of unbranched alkanes of at least 4 members (excludes halogenated alkanes) is 5. The number of halogens is 4. The third-order valence-corrected chi connectivity index (χ3v) is 3.39. The van der Waals surface area contributed by atoms with Gasteiger partial charge in [-0.1, -0.05) is 25.7 Å². The number of rotatable bonds is 9. The van der Waals surface area contributed by atoms with Crippen molar-refractivity contribution in [2.75, 3.05) is 18.9 Å². The number of hydrogen-bond acceptors (Lipinski definition) is 3. The number of hydrogen-bond donors (Lipinski definition) is 3. The van der Waals surface area contributed by atoms with Crippen LogP contribution < -0.4 is 11.1 Å². The number of benzene rings is 1. The Labute approximate surface area is 131 Å². The minimum atomic E-state index is -1.80. The fraction of sp³-hybridized carbons (Fsp3) is 0.533. The topological polar surface area (TPSA) is 75.4 Å². The molecule has 130 valence electrons. The zero-order valence-electron chi connectivity index (χ0n) is 12.6. The van der Waals surface area contributed by atoms with Gasteiger partial charge in [-0.25, -0.2) is 17.6 Å². The molecule has 0 heterocycles. The van der Waals surface area contributed by atoms with Crippen LogP contribution in [0.25, 0.3) is 0 Å². The molecule has 23 heavy (non-hydrogen) atoms. The van der Waals surface area contributed by atoms with E-state index in [-0.39, 0.29) is 13.2 Å². The van der Waals surface area contributed by atoms with E-state index in [1.807, 2.05) is 0 Å². The van der Waals surface area contributed by atoms with E-state index in [4.69, 9.17) is 10.8 Å². The summed E-state index contributed by atoms with van der Waals surface area (Å²) in [4.78, 5) is 11.7. The highest BCUT2D eigenvalue weighted by Gasteiger charge is 2.27. The quantitative estimate of drug-likeness (QED) is 0.281. The second kappa shape index (κ2) is 9.34. The molecule has 4 N–H and O–H groups in total. The Morgan fingerprint density at radius 3 is 1.87 bits per heavy atom. The largest absolute Gasteiger partial charge is 0.396 e. The predicted molar refractivity (Wildman–Crippen MR) is 77.8 cm³/mol. The summed E-state index contributed by atoms with van der Waals surface area (Å²) in [5, 5.41) is 10.8. The number of carbonyl (C=O) groups excluding carboxylic acids is 1. The molecule has 0 aromatic heterocycles. The van der Waals surface area contributed by atoms with Gasteiger partial charge in [0, 0.05) is 13.2 Å². The smallest absolute Gasteiger partial charge is 0.257 e. The van der Waals surface area contributed by atoms with Gasteiger partial charge in [-0.2, -0.15) is 0 Å². The highest BCUT2D eigenvalue weighted by atomic mass is 19.2. The van der Waals surface area contributed by atoms with Gasteiger partial charge >= 0.3 is 0 Å². The minimum absolute atomic E-state index is 0.130. The number of nitrogens with two attached hydrogens (primary N) is 1. The molecule has 0 saturated heterocycles. The molecular weight excluding hydrogens is 316 g/mol. The molecule has 0 aliphatic carbocycles. The molecule has 1 aromatic carbocycles. The predicted octanol–water partition coefficient (Wildman–Crippen LogP) is 2.89. The second-order valence-electron chi connectivity index (χ2n) is 5.15. The minimum Gasteiger partial charge on any atom is -0.396 e. The van der Waals surface area contributed by atoms with Crippen molar-refractivity contribution >= 4 is 11.6 Å². The second-order valence-corrected chi connectivity index (χ2v) is 5.15. The lowest BCUT2D eigenvalue weighted by Gasteiger charge is -2.10. The summed E-state index contributed by atoms with van der Waals surface area (Å²) in [6, 6.07) is 0. The van der Waals surface area contributed by atoms with Crippen molar-refractivity contribution in [2.45, 2.75) is 38.5 Å². The van der Waals surface area contributed by atoms with Gasteiger partial charge in [0.2, 0.25) is 0 Å². The van der Waals surface area contributed by atoms with Crippen LogP contribution in [-0.2, 0) is 0 Å². The van der Waals surface area contributed by atoms with E-state index < -0.39 is 40.4 Å². The summed E-state index contributed by atoms with van der Waals surface area (Å²) in [6.45, 7) is 0.285. The molecule has 0 radical (unpaired) electrons. The molecule has 1 rings (SSSR count). The molecule has 0 fully saturated rings. The summed E-state index contributed by atoms with van der Waals surface area (Å²) in [6.07, 6.45) is 4.82. The lowest BCUT2D eigenvalue weighted by molar-refractivity contribution is 0.0942. The first-order valence-electron chi connectivity index (χ1n) is 7.42. The Morgan fingerprint density at radius 1 is 0.870 bits per heavy atom. The Kier molecular flexibility index (Phi) is 7.80. The van der Waals surface area contributed by atoms with E-state index in [9.17, 15) is 22.4 Å². The zero-order valence-corrected chi connectivity index (χ0v) is 12.6. The van der Waals surface area contributed by atoms with E-state index in [1.54, 1.807) is 0 Å². The lowest BCUT2D eigenvalue weighted by atomic mass is 10.1. The number of nitrogens with one attached hydrogen (secondary N) is 1. The first kappa shape index (κ1) is 19.2. The monoisotopic (exact) mass is 336 g/mol. The Morgan fingerprint density at radius 2 is 1.35 bits per heavy atom. The van der Waals surface area contributed by atoms with Crippen LogP contribution in [0, 0.1) is 23.3 Å². The lowest BCUT2D eigenvalue weighted by Crippen LogP contribution is -2.27. The number of amides is 1. The molecule has 0 unspecified atom stereocenters. The van der Waals surface area contributed by atoms with Crippen molar-refractivity contribution in [1.82, 2.24) is 5.32 Å². The van der Waals surface area contributed by atoms with E-state index in [1.165, 1.54) is 0 Å². The average Bonchev–Trinajstić information content (AvgIpc) is 2.53. The third kappa shape index (κ3) is 5.09. The van der Waals surface area contributed by atoms with Crippen LogP contribution in [0.4, 0.5) is 23.2 Å². The van der Waals surface area contributed by atoms with Gasteiger partial charge in [0.25, 0.3) is 5.91 Å². The Hall–Kier alpha value is -1.83. The Balaban J connectivity index is 2.50. The maximum Gasteiger partial charge on any atom is 0.257 e. The van der Waals surface area contributed by atoms with Crippen LogP contribution in [0.2, 0.25) is 0 Å². The molecule has 0 spiro atoms. The van der Waals surface area contributed by atoms with Crippen LogP contribution in [0.1, 0.15) is 48.9 Å². The molecule has 8 heteroatoms. The van der Waals surface area contributed by atoms with Crippen LogP contribution in [0.5, 0.6) is 0 Å². The van der Waals surface area contributed by atoms with Crippen molar-refractivity contribution in [3.05, 3.63) is 28.8 Å². The van der Waals surface area contributed by atoms with Gasteiger partial charge in [0.15, 0.2) is 23.3 Å². The van der Waals surface area contributed by atoms with Gasteiger partial charge in [-0.15, -0.1) is 0 Å².